The second-order valence-corrected chi connectivity index (χ2v) is 15.6. The molecule has 2 aromatic carbocycles. The molecule has 2 aliphatic heterocycles. The van der Waals surface area contributed by atoms with Gasteiger partial charge in [0.2, 0.25) is 23.0 Å². The van der Waals surface area contributed by atoms with E-state index in [1.807, 2.05) is 6.07 Å². The summed E-state index contributed by atoms with van der Waals surface area (Å²) in [6.07, 6.45) is 11.0. The Kier molecular flexibility index (Phi) is 13.5. The van der Waals surface area contributed by atoms with Crippen molar-refractivity contribution in [2.45, 2.75) is 89.6 Å². The number of hydrogen-bond acceptors (Lipinski definition) is 10. The molecule has 4 aromatic rings. The summed E-state index contributed by atoms with van der Waals surface area (Å²) < 4.78 is 0. The Bertz CT molecular complexity index is 1820. The molecule has 55 heavy (non-hydrogen) atoms. The Hall–Kier alpha value is -4.49. The Balaban J connectivity index is 0.000000162. The zero-order valence-electron chi connectivity index (χ0n) is 32.5. The monoisotopic (exact) mass is 766 g/mol. The molecule has 8 rings (SSSR count). The average Bonchev–Trinajstić information content (AvgIpc) is 4.13. The van der Waals surface area contributed by atoms with Crippen molar-refractivity contribution in [2.75, 3.05) is 44.2 Å². The molecule has 4 aliphatic rings. The smallest absolute Gasteiger partial charge is 0.225 e. The van der Waals surface area contributed by atoms with Crippen molar-refractivity contribution in [3.63, 3.8) is 0 Å². The van der Waals surface area contributed by atoms with Gasteiger partial charge in [-0.1, -0.05) is 48.5 Å². The molecule has 2 amide bonds. The van der Waals surface area contributed by atoms with Gasteiger partial charge in [0.1, 0.15) is 0 Å². The van der Waals surface area contributed by atoms with Crippen LogP contribution in [0.1, 0.15) is 75.6 Å². The lowest BCUT2D eigenvalue weighted by atomic mass is 10.0. The minimum atomic E-state index is -0.112. The molecule has 2 atom stereocenters. The third kappa shape index (κ3) is 11.3. The second kappa shape index (κ2) is 18.4. The molecule has 0 bridgehead atoms. The van der Waals surface area contributed by atoms with Crippen LogP contribution >= 0.6 is 11.6 Å². The lowest BCUT2D eigenvalue weighted by molar-refractivity contribution is -0.120. The largest absolute Gasteiger partial charge is 0.347 e. The first-order valence-corrected chi connectivity index (χ1v) is 19.8. The van der Waals surface area contributed by atoms with Gasteiger partial charge in [-0.2, -0.15) is 0 Å². The molecular weight excluding hydrogens is 712 g/mol. The first-order valence-electron chi connectivity index (χ1n) is 19.4. The molecule has 2 aromatic heterocycles. The number of nitrogens with one attached hydrogen (secondary N) is 3. The highest BCUT2D eigenvalue weighted by molar-refractivity contribution is 6.28. The third-order valence-corrected chi connectivity index (χ3v) is 11.1. The van der Waals surface area contributed by atoms with E-state index in [0.29, 0.717) is 17.4 Å². The van der Waals surface area contributed by atoms with Crippen molar-refractivity contribution in [1.82, 2.24) is 45.7 Å². The SMILES string of the molecule is CC(=O)NC1(c2ccc(CN3CCN(c4ncccn4)C[C@H]3C)cc2)CC1.CC(=O)NC1(c2ccc(CN3CCNC[C@H]3C)cc2)CC1.Clc1ncccn1. The summed E-state index contributed by atoms with van der Waals surface area (Å²) in [7, 11) is 0. The maximum absolute atomic E-state index is 11.4. The van der Waals surface area contributed by atoms with Gasteiger partial charge >= 0.3 is 0 Å². The minimum Gasteiger partial charge on any atom is -0.347 e. The summed E-state index contributed by atoms with van der Waals surface area (Å²) in [4.78, 5) is 46.0. The van der Waals surface area contributed by atoms with Crippen molar-refractivity contribution >= 4 is 29.4 Å². The van der Waals surface area contributed by atoms with Crippen molar-refractivity contribution in [3.8, 4) is 0 Å². The number of anilines is 1. The quantitative estimate of drug-likeness (QED) is 0.199. The molecule has 292 valence electrons. The molecular formula is C42H55ClN10O2. The van der Waals surface area contributed by atoms with Crippen LogP contribution in [0.5, 0.6) is 0 Å². The molecule has 0 unspecified atom stereocenters. The standard InChI is InChI=1S/C21H27N5O.C17H25N3O.C4H3ClN2/c1-16-14-26(20-22-10-3-11-23-20)13-12-25(16)15-18-4-6-19(7-5-18)21(8-9-21)24-17(2)27;1-13-11-18-9-10-20(13)12-15-3-5-16(6-4-15)17(7-8-17)19-14(2)21;5-4-6-2-1-3-7-4/h3-7,10-11,16H,8-9,12-15H2,1-2H3,(H,24,27);3-6,13,18H,7-12H2,1-2H3,(H,19,21);1-3H/t16-;13-;/m11./s1. The maximum atomic E-state index is 11.4. The van der Waals surface area contributed by atoms with E-state index in [-0.39, 0.29) is 22.9 Å². The predicted molar refractivity (Wildman–Crippen MR) is 216 cm³/mol. The molecule has 0 spiro atoms. The molecule has 3 N–H and O–H groups in total. The van der Waals surface area contributed by atoms with Crippen LogP contribution in [-0.2, 0) is 33.8 Å². The van der Waals surface area contributed by atoms with Crippen molar-refractivity contribution in [1.29, 1.82) is 0 Å². The molecule has 2 aliphatic carbocycles. The van der Waals surface area contributed by atoms with Crippen LogP contribution < -0.4 is 20.9 Å². The number of piperazine rings is 2. The van der Waals surface area contributed by atoms with E-state index >= 15 is 0 Å². The van der Waals surface area contributed by atoms with E-state index in [1.165, 1.54) is 22.3 Å². The minimum absolute atomic E-state index is 0.0469. The van der Waals surface area contributed by atoms with E-state index in [1.54, 1.807) is 44.7 Å². The highest BCUT2D eigenvalue weighted by Crippen LogP contribution is 2.46. The lowest BCUT2D eigenvalue weighted by Crippen LogP contribution is -2.51. The van der Waals surface area contributed by atoms with Crippen LogP contribution in [0.2, 0.25) is 5.28 Å². The van der Waals surface area contributed by atoms with Crippen LogP contribution in [0.25, 0.3) is 0 Å². The number of nitrogens with zero attached hydrogens (tertiary/aromatic N) is 7. The van der Waals surface area contributed by atoms with Gasteiger partial charge in [-0.25, -0.2) is 19.9 Å². The normalized spacial score (nSPS) is 21.1. The predicted octanol–water partition coefficient (Wildman–Crippen LogP) is 5.05. The first-order chi connectivity index (χ1) is 26.5. The number of amides is 2. The topological polar surface area (TPSA) is 132 Å². The first kappa shape index (κ1) is 40.2. The van der Waals surface area contributed by atoms with Crippen LogP contribution in [0.15, 0.2) is 85.5 Å². The van der Waals surface area contributed by atoms with Crippen LogP contribution in [0.3, 0.4) is 0 Å². The van der Waals surface area contributed by atoms with Crippen molar-refractivity contribution in [3.05, 3.63) is 113 Å². The van der Waals surface area contributed by atoms with E-state index in [9.17, 15) is 9.59 Å². The van der Waals surface area contributed by atoms with Gasteiger partial charge in [-0.15, -0.1) is 0 Å². The highest BCUT2D eigenvalue weighted by Gasteiger charge is 2.45. The van der Waals surface area contributed by atoms with Crippen LogP contribution in [0.4, 0.5) is 5.95 Å². The van der Waals surface area contributed by atoms with Gasteiger partial charge in [0, 0.05) is 103 Å². The maximum Gasteiger partial charge on any atom is 0.225 e. The molecule has 12 nitrogen and oxygen atoms in total. The van der Waals surface area contributed by atoms with E-state index in [2.05, 4.69) is 113 Å². The van der Waals surface area contributed by atoms with Gasteiger partial charge in [0.25, 0.3) is 0 Å². The molecule has 4 heterocycles. The number of benzene rings is 2. The lowest BCUT2D eigenvalue weighted by Gasteiger charge is -2.39. The number of halogens is 1. The fourth-order valence-corrected chi connectivity index (χ4v) is 7.60. The number of rotatable bonds is 9. The van der Waals surface area contributed by atoms with E-state index in [0.717, 1.165) is 84.0 Å². The fraction of sp³-hybridized carbons (Fsp3) is 0.476. The Labute approximate surface area is 330 Å². The Morgan fingerprint density at radius 2 is 1.18 bits per heavy atom. The summed E-state index contributed by atoms with van der Waals surface area (Å²) in [5, 5.41) is 9.92. The third-order valence-electron chi connectivity index (χ3n) is 10.9. The second-order valence-electron chi connectivity index (χ2n) is 15.3. The zero-order valence-corrected chi connectivity index (χ0v) is 33.3. The number of carbonyl (C=O) groups excluding carboxylic acids is 2. The van der Waals surface area contributed by atoms with Gasteiger partial charge in [0.15, 0.2) is 0 Å². The number of hydrogen-bond donors (Lipinski definition) is 3. The van der Waals surface area contributed by atoms with Crippen molar-refractivity contribution in [2.24, 2.45) is 0 Å². The van der Waals surface area contributed by atoms with E-state index < -0.39 is 0 Å². The molecule has 2 saturated carbocycles. The molecule has 13 heteroatoms. The fourth-order valence-electron chi connectivity index (χ4n) is 7.49. The van der Waals surface area contributed by atoms with Gasteiger partial charge in [-0.05, 0) is 85.5 Å². The summed E-state index contributed by atoms with van der Waals surface area (Å²) in [6.45, 7) is 15.8. The highest BCUT2D eigenvalue weighted by atomic mass is 35.5. The van der Waals surface area contributed by atoms with E-state index in [4.69, 9.17) is 11.6 Å². The Morgan fingerprint density at radius 3 is 1.58 bits per heavy atom. The molecule has 0 radical (unpaired) electrons. The van der Waals surface area contributed by atoms with Gasteiger partial charge in [-0.3, -0.25) is 19.4 Å². The zero-order chi connectivity index (χ0) is 38.8. The molecule has 2 saturated heterocycles. The number of aromatic nitrogens is 4. The van der Waals surface area contributed by atoms with Crippen LogP contribution in [0, 0.1) is 0 Å². The van der Waals surface area contributed by atoms with Crippen molar-refractivity contribution < 1.29 is 9.59 Å². The summed E-state index contributed by atoms with van der Waals surface area (Å²) in [6, 6.07) is 22.2. The molecule has 4 fully saturated rings. The average molecular weight is 767 g/mol. The Morgan fingerprint density at radius 1 is 0.709 bits per heavy atom. The summed E-state index contributed by atoms with van der Waals surface area (Å²) in [5.74, 6) is 0.929. The number of carbonyl (C=O) groups is 2. The van der Waals surface area contributed by atoms with Gasteiger partial charge in [0.05, 0.1) is 11.1 Å². The summed E-state index contributed by atoms with van der Waals surface area (Å²) in [5.41, 5.74) is 4.95. The van der Waals surface area contributed by atoms with Gasteiger partial charge < -0.3 is 20.9 Å². The summed E-state index contributed by atoms with van der Waals surface area (Å²) >= 11 is 5.32. The van der Waals surface area contributed by atoms with Crippen LogP contribution in [-0.4, -0.2) is 92.9 Å².